The van der Waals surface area contributed by atoms with Crippen molar-refractivity contribution in [3.8, 4) is 0 Å². The first-order valence-corrected chi connectivity index (χ1v) is 8.68. The highest BCUT2D eigenvalue weighted by Crippen LogP contribution is 2.41. The van der Waals surface area contributed by atoms with Crippen LogP contribution < -0.4 is 0 Å². The van der Waals surface area contributed by atoms with Gasteiger partial charge in [0.1, 0.15) is 22.7 Å². The average molecular weight is 340 g/mol. The number of furan rings is 2. The van der Waals surface area contributed by atoms with Crippen molar-refractivity contribution in [2.75, 3.05) is 0 Å². The molecule has 0 aliphatic heterocycles. The molecule has 0 saturated carbocycles. The van der Waals surface area contributed by atoms with Gasteiger partial charge in [0.25, 0.3) is 0 Å². The molecule has 0 spiro atoms. The van der Waals surface area contributed by atoms with E-state index in [-0.39, 0.29) is 0 Å². The van der Waals surface area contributed by atoms with E-state index in [0.717, 1.165) is 55.4 Å². The molecule has 2 heterocycles. The average Bonchev–Trinajstić information content (AvgIpc) is 3.20. The van der Waals surface area contributed by atoms with Crippen LogP contribution in [0.1, 0.15) is 36.5 Å². The Bertz CT molecular complexity index is 1130. The number of hydrogen-bond acceptors (Lipinski definition) is 2. The Morgan fingerprint density at radius 2 is 1.15 bits per heavy atom. The van der Waals surface area contributed by atoms with Gasteiger partial charge in [-0.2, -0.15) is 0 Å². The molecule has 0 saturated heterocycles. The van der Waals surface area contributed by atoms with Crippen LogP contribution in [0.3, 0.4) is 0 Å². The number of fused-ring (bicyclic) bond motifs is 5. The summed E-state index contributed by atoms with van der Waals surface area (Å²) < 4.78 is 12.1. The normalized spacial score (nSPS) is 12.2. The molecule has 2 aromatic carbocycles. The molecule has 0 unspecified atom stereocenters. The maximum absolute atomic E-state index is 6.05. The molecule has 2 heteroatoms. The first kappa shape index (κ1) is 16.2. The van der Waals surface area contributed by atoms with E-state index in [1.165, 1.54) is 0 Å². The second kappa shape index (κ2) is 6.23. The van der Waals surface area contributed by atoms with Gasteiger partial charge in [-0.15, -0.1) is 0 Å². The first-order chi connectivity index (χ1) is 12.7. The molecule has 0 bridgehead atoms. The number of hydrogen-bond donors (Lipinski definition) is 0. The van der Waals surface area contributed by atoms with E-state index in [2.05, 4.69) is 37.4 Å². The van der Waals surface area contributed by atoms with Crippen molar-refractivity contribution >= 4 is 57.0 Å². The summed E-state index contributed by atoms with van der Waals surface area (Å²) in [6, 6.07) is 8.22. The van der Waals surface area contributed by atoms with Crippen molar-refractivity contribution in [2.24, 2.45) is 0 Å². The number of allylic oxidation sites excluding steroid dienone is 2. The van der Waals surface area contributed by atoms with Gasteiger partial charge in [0.15, 0.2) is 0 Å². The fraction of sp³-hybridized carbons (Fsp3) is 0.0833. The summed E-state index contributed by atoms with van der Waals surface area (Å²) in [5, 5.41) is 4.45. The zero-order chi connectivity index (χ0) is 18.3. The summed E-state index contributed by atoms with van der Waals surface area (Å²) in [7, 11) is 0. The number of benzene rings is 2. The van der Waals surface area contributed by atoms with Gasteiger partial charge in [0.05, 0.1) is 0 Å². The van der Waals surface area contributed by atoms with Crippen LogP contribution in [-0.4, -0.2) is 0 Å². The highest BCUT2D eigenvalue weighted by molar-refractivity contribution is 6.23. The van der Waals surface area contributed by atoms with Crippen LogP contribution in [-0.2, 0) is 0 Å². The van der Waals surface area contributed by atoms with E-state index in [4.69, 9.17) is 8.83 Å². The Balaban J connectivity index is 2.34. The topological polar surface area (TPSA) is 26.3 Å². The van der Waals surface area contributed by atoms with Crippen LogP contribution in [0.15, 0.2) is 58.4 Å². The quantitative estimate of drug-likeness (QED) is 0.381. The maximum Gasteiger partial charge on any atom is 0.136 e. The molecule has 0 aliphatic rings. The summed E-state index contributed by atoms with van der Waals surface area (Å²) in [5.41, 5.74) is 3.79. The predicted molar refractivity (Wildman–Crippen MR) is 113 cm³/mol. The van der Waals surface area contributed by atoms with Crippen molar-refractivity contribution in [3.05, 3.63) is 72.2 Å². The van der Waals surface area contributed by atoms with Crippen molar-refractivity contribution in [1.82, 2.24) is 0 Å². The van der Waals surface area contributed by atoms with Gasteiger partial charge in [0, 0.05) is 27.3 Å². The van der Waals surface area contributed by atoms with E-state index in [1.807, 2.05) is 38.1 Å². The molecular weight excluding hydrogens is 320 g/mol. The summed E-state index contributed by atoms with van der Waals surface area (Å²) in [6.45, 7) is 11.8. The molecule has 2 aromatic heterocycles. The molecule has 0 radical (unpaired) electrons. The Morgan fingerprint density at radius 3 is 1.54 bits per heavy atom. The zero-order valence-electron chi connectivity index (χ0n) is 15.0. The second-order valence-corrected chi connectivity index (χ2v) is 6.14. The summed E-state index contributed by atoms with van der Waals surface area (Å²) in [5.74, 6) is 1.56. The monoisotopic (exact) mass is 340 g/mol. The fourth-order valence-electron chi connectivity index (χ4n) is 3.65. The summed E-state index contributed by atoms with van der Waals surface area (Å²) in [4.78, 5) is 0. The summed E-state index contributed by atoms with van der Waals surface area (Å²) in [6.07, 6.45) is 11.7. The van der Waals surface area contributed by atoms with Crippen molar-refractivity contribution in [1.29, 1.82) is 0 Å². The Labute approximate surface area is 152 Å². The molecule has 4 rings (SSSR count). The highest BCUT2D eigenvalue weighted by atomic mass is 16.3. The third-order valence-corrected chi connectivity index (χ3v) is 4.66. The van der Waals surface area contributed by atoms with Crippen LogP contribution in [0, 0.1) is 0 Å². The Kier molecular flexibility index (Phi) is 3.89. The van der Waals surface area contributed by atoms with Gasteiger partial charge in [-0.25, -0.2) is 0 Å². The van der Waals surface area contributed by atoms with Crippen molar-refractivity contribution in [2.45, 2.75) is 13.8 Å². The van der Waals surface area contributed by atoms with E-state index in [0.29, 0.717) is 0 Å². The van der Waals surface area contributed by atoms with Gasteiger partial charge in [0.2, 0.25) is 0 Å². The molecule has 0 amide bonds. The van der Waals surface area contributed by atoms with Gasteiger partial charge in [-0.05, 0) is 43.5 Å². The zero-order valence-corrected chi connectivity index (χ0v) is 15.0. The molecule has 0 N–H and O–H groups in total. The molecule has 4 aromatic rings. The third-order valence-electron chi connectivity index (χ3n) is 4.66. The third kappa shape index (κ3) is 2.19. The van der Waals surface area contributed by atoms with Crippen LogP contribution in [0.4, 0.5) is 0 Å². The van der Waals surface area contributed by atoms with Gasteiger partial charge < -0.3 is 8.83 Å². The van der Waals surface area contributed by atoms with Crippen LogP contribution >= 0.6 is 0 Å². The lowest BCUT2D eigenvalue weighted by Crippen LogP contribution is -1.81. The molecular formula is C24H20O2. The van der Waals surface area contributed by atoms with Crippen LogP contribution in [0.2, 0.25) is 0 Å². The lowest BCUT2D eigenvalue weighted by atomic mass is 9.96. The number of rotatable bonds is 4. The minimum atomic E-state index is 0.780. The SMILES string of the molecule is C=Cc1oc2ccc3ccc4oc(C=C)c(/C=C\C)c4c3c2c1/C=C\C. The maximum atomic E-state index is 6.05. The molecule has 0 fully saturated rings. The molecule has 128 valence electrons. The minimum absolute atomic E-state index is 0.780. The largest absolute Gasteiger partial charge is 0.456 e. The van der Waals surface area contributed by atoms with Crippen LogP contribution in [0.5, 0.6) is 0 Å². The Hall–Kier alpha value is -3.26. The van der Waals surface area contributed by atoms with Gasteiger partial charge in [-0.3, -0.25) is 0 Å². The highest BCUT2D eigenvalue weighted by Gasteiger charge is 2.19. The Morgan fingerprint density at radius 1 is 0.692 bits per heavy atom. The molecule has 0 atom stereocenters. The molecule has 26 heavy (non-hydrogen) atoms. The first-order valence-electron chi connectivity index (χ1n) is 8.68. The smallest absolute Gasteiger partial charge is 0.136 e. The lowest BCUT2D eigenvalue weighted by Gasteiger charge is -2.03. The molecule has 2 nitrogen and oxygen atoms in total. The van der Waals surface area contributed by atoms with Gasteiger partial charge in [-0.1, -0.05) is 49.6 Å². The summed E-state index contributed by atoms with van der Waals surface area (Å²) >= 11 is 0. The predicted octanol–water partition coefficient (Wildman–Crippen LogP) is 7.68. The van der Waals surface area contributed by atoms with Crippen molar-refractivity contribution in [3.63, 3.8) is 0 Å². The van der Waals surface area contributed by atoms with Crippen molar-refractivity contribution < 1.29 is 8.83 Å². The molecule has 0 aliphatic carbocycles. The van der Waals surface area contributed by atoms with E-state index < -0.39 is 0 Å². The van der Waals surface area contributed by atoms with E-state index >= 15 is 0 Å². The van der Waals surface area contributed by atoms with Crippen LogP contribution in [0.25, 0.3) is 57.0 Å². The fourth-order valence-corrected chi connectivity index (χ4v) is 3.65. The minimum Gasteiger partial charge on any atom is -0.456 e. The standard InChI is InChI=1S/C24H20O2/c1-5-9-16-18(7-3)25-20-13-11-15-12-14-21-24(22(15)23(16)20)17(10-6-2)19(8-4)26-21/h5-14H,3-4H2,1-2H3/b9-5-,10-6-. The van der Waals surface area contributed by atoms with E-state index in [9.17, 15) is 0 Å². The van der Waals surface area contributed by atoms with Gasteiger partial charge >= 0.3 is 0 Å². The lowest BCUT2D eigenvalue weighted by molar-refractivity contribution is 0.603. The second-order valence-electron chi connectivity index (χ2n) is 6.14. The van der Waals surface area contributed by atoms with E-state index in [1.54, 1.807) is 12.2 Å².